The van der Waals surface area contributed by atoms with Crippen LogP contribution in [0, 0.1) is 0 Å². The molecule has 0 saturated carbocycles. The first-order valence-electron chi connectivity index (χ1n) is 6.80. The highest BCUT2D eigenvalue weighted by Gasteiger charge is 2.11. The number of aromatic hydroxyl groups is 1. The van der Waals surface area contributed by atoms with E-state index in [9.17, 15) is 5.11 Å². The zero-order valence-electron chi connectivity index (χ0n) is 11.9. The van der Waals surface area contributed by atoms with Crippen LogP contribution in [0.3, 0.4) is 0 Å². The fourth-order valence-electron chi connectivity index (χ4n) is 2.03. The van der Waals surface area contributed by atoms with Crippen molar-refractivity contribution in [3.8, 4) is 11.5 Å². The zero-order chi connectivity index (χ0) is 14.8. The first-order chi connectivity index (χ1) is 10.1. The van der Waals surface area contributed by atoms with Gasteiger partial charge in [-0.15, -0.1) is 0 Å². The van der Waals surface area contributed by atoms with Gasteiger partial charge in [-0.1, -0.05) is 43.3 Å². The molecular weight excluding hydrogens is 268 g/mol. The Morgan fingerprint density at radius 3 is 2.57 bits per heavy atom. The lowest BCUT2D eigenvalue weighted by Crippen LogP contribution is -1.98. The fraction of sp³-hybridized carbons (Fsp3) is 0.250. The Labute approximate surface area is 122 Å². The SMILES string of the molecule is CC(C)c1nc(COc2cc3ccccc3cc2O)no1. The first-order valence-corrected chi connectivity index (χ1v) is 6.80. The summed E-state index contributed by atoms with van der Waals surface area (Å²) in [5.41, 5.74) is 0. The molecule has 0 atom stereocenters. The molecule has 0 spiro atoms. The van der Waals surface area contributed by atoms with Gasteiger partial charge in [-0.05, 0) is 22.9 Å². The normalized spacial score (nSPS) is 11.2. The number of nitrogens with zero attached hydrogens (tertiary/aromatic N) is 2. The highest BCUT2D eigenvalue weighted by atomic mass is 16.5. The second kappa shape index (κ2) is 5.44. The minimum absolute atomic E-state index is 0.0984. The summed E-state index contributed by atoms with van der Waals surface area (Å²) in [5, 5.41) is 15.8. The summed E-state index contributed by atoms with van der Waals surface area (Å²) in [6, 6.07) is 11.3. The molecule has 5 nitrogen and oxygen atoms in total. The lowest BCUT2D eigenvalue weighted by molar-refractivity contribution is 0.272. The second-order valence-corrected chi connectivity index (χ2v) is 5.16. The van der Waals surface area contributed by atoms with E-state index in [1.807, 2.05) is 38.1 Å². The zero-order valence-corrected chi connectivity index (χ0v) is 11.9. The largest absolute Gasteiger partial charge is 0.504 e. The van der Waals surface area contributed by atoms with E-state index in [2.05, 4.69) is 10.1 Å². The monoisotopic (exact) mass is 284 g/mol. The average Bonchev–Trinajstić information content (AvgIpc) is 2.94. The molecule has 0 unspecified atom stereocenters. The fourth-order valence-corrected chi connectivity index (χ4v) is 2.03. The predicted octanol–water partition coefficient (Wildman–Crippen LogP) is 3.63. The van der Waals surface area contributed by atoms with Gasteiger partial charge in [0.05, 0.1) is 0 Å². The Bertz CT molecular complexity index is 765. The third kappa shape index (κ3) is 2.81. The van der Waals surface area contributed by atoms with Crippen LogP contribution in [0.4, 0.5) is 0 Å². The maximum atomic E-state index is 9.99. The van der Waals surface area contributed by atoms with Crippen molar-refractivity contribution in [3.63, 3.8) is 0 Å². The van der Waals surface area contributed by atoms with Gasteiger partial charge in [-0.3, -0.25) is 0 Å². The molecule has 1 heterocycles. The van der Waals surface area contributed by atoms with Gasteiger partial charge in [0.2, 0.25) is 11.7 Å². The van der Waals surface area contributed by atoms with E-state index in [1.165, 1.54) is 0 Å². The Kier molecular flexibility index (Phi) is 3.48. The number of aromatic nitrogens is 2. The average molecular weight is 284 g/mol. The third-order valence-electron chi connectivity index (χ3n) is 3.16. The van der Waals surface area contributed by atoms with E-state index < -0.39 is 0 Å². The summed E-state index contributed by atoms with van der Waals surface area (Å²) in [6.45, 7) is 4.11. The van der Waals surface area contributed by atoms with E-state index in [4.69, 9.17) is 9.26 Å². The maximum Gasteiger partial charge on any atom is 0.229 e. The molecule has 0 fully saturated rings. The van der Waals surface area contributed by atoms with Crippen LogP contribution in [-0.2, 0) is 6.61 Å². The number of phenols is 1. The van der Waals surface area contributed by atoms with Gasteiger partial charge in [0, 0.05) is 5.92 Å². The molecule has 1 N–H and O–H groups in total. The van der Waals surface area contributed by atoms with Crippen LogP contribution in [0.15, 0.2) is 40.9 Å². The van der Waals surface area contributed by atoms with Crippen LogP contribution in [-0.4, -0.2) is 15.2 Å². The number of ether oxygens (including phenoxy) is 1. The summed E-state index contributed by atoms with van der Waals surface area (Å²) in [5.74, 6) is 1.73. The Balaban J connectivity index is 1.79. The number of rotatable bonds is 4. The molecule has 0 saturated heterocycles. The van der Waals surface area contributed by atoms with Gasteiger partial charge in [-0.25, -0.2) is 0 Å². The molecule has 0 aliphatic rings. The highest BCUT2D eigenvalue weighted by Crippen LogP contribution is 2.31. The topological polar surface area (TPSA) is 68.4 Å². The molecule has 3 rings (SSSR count). The Morgan fingerprint density at radius 1 is 1.19 bits per heavy atom. The van der Waals surface area contributed by atoms with Crippen molar-refractivity contribution in [2.75, 3.05) is 0 Å². The highest BCUT2D eigenvalue weighted by molar-refractivity contribution is 5.85. The van der Waals surface area contributed by atoms with Crippen molar-refractivity contribution in [2.24, 2.45) is 0 Å². The smallest absolute Gasteiger partial charge is 0.229 e. The molecule has 108 valence electrons. The second-order valence-electron chi connectivity index (χ2n) is 5.16. The van der Waals surface area contributed by atoms with Gasteiger partial charge in [0.15, 0.2) is 18.1 Å². The Morgan fingerprint density at radius 2 is 1.90 bits per heavy atom. The van der Waals surface area contributed by atoms with Crippen LogP contribution in [0.2, 0.25) is 0 Å². The number of phenolic OH excluding ortho intramolecular Hbond substituents is 1. The third-order valence-corrected chi connectivity index (χ3v) is 3.16. The van der Waals surface area contributed by atoms with Gasteiger partial charge >= 0.3 is 0 Å². The van der Waals surface area contributed by atoms with Gasteiger partial charge in [0.1, 0.15) is 0 Å². The van der Waals surface area contributed by atoms with Gasteiger partial charge in [0.25, 0.3) is 0 Å². The minimum Gasteiger partial charge on any atom is -0.504 e. The molecule has 5 heteroatoms. The lowest BCUT2D eigenvalue weighted by atomic mass is 10.1. The maximum absolute atomic E-state index is 9.99. The minimum atomic E-state index is 0.0984. The number of hydrogen-bond acceptors (Lipinski definition) is 5. The van der Waals surface area contributed by atoms with E-state index in [0.717, 1.165) is 10.8 Å². The summed E-state index contributed by atoms with van der Waals surface area (Å²) in [6.07, 6.45) is 0. The quantitative estimate of drug-likeness (QED) is 0.792. The van der Waals surface area contributed by atoms with Crippen LogP contribution in [0.5, 0.6) is 11.5 Å². The van der Waals surface area contributed by atoms with Crippen LogP contribution in [0.25, 0.3) is 10.8 Å². The molecule has 0 amide bonds. The van der Waals surface area contributed by atoms with Crippen molar-refractivity contribution in [1.82, 2.24) is 10.1 Å². The number of hydrogen-bond donors (Lipinski definition) is 1. The van der Waals surface area contributed by atoms with Crippen LogP contribution in [0.1, 0.15) is 31.5 Å². The Hall–Kier alpha value is -2.56. The summed E-state index contributed by atoms with van der Waals surface area (Å²) in [4.78, 5) is 4.23. The summed E-state index contributed by atoms with van der Waals surface area (Å²) in [7, 11) is 0. The molecule has 0 aliphatic carbocycles. The molecule has 0 aliphatic heterocycles. The van der Waals surface area contributed by atoms with Crippen molar-refractivity contribution in [1.29, 1.82) is 0 Å². The molecular formula is C16H16N2O3. The van der Waals surface area contributed by atoms with E-state index in [-0.39, 0.29) is 18.3 Å². The van der Waals surface area contributed by atoms with Crippen molar-refractivity contribution < 1.29 is 14.4 Å². The summed E-state index contributed by atoms with van der Waals surface area (Å²) < 4.78 is 10.7. The number of benzene rings is 2. The molecule has 3 aromatic rings. The van der Waals surface area contributed by atoms with Gasteiger partial charge < -0.3 is 14.4 Å². The van der Waals surface area contributed by atoms with E-state index >= 15 is 0 Å². The first kappa shape index (κ1) is 13.4. The summed E-state index contributed by atoms with van der Waals surface area (Å²) >= 11 is 0. The standard InChI is InChI=1S/C16H16N2O3/c1-10(2)16-17-15(18-21-16)9-20-14-8-12-6-4-3-5-11(12)7-13(14)19/h3-8,10,19H,9H2,1-2H3. The lowest BCUT2D eigenvalue weighted by Gasteiger charge is -2.07. The number of fused-ring (bicyclic) bond motifs is 1. The van der Waals surface area contributed by atoms with E-state index in [0.29, 0.717) is 17.5 Å². The van der Waals surface area contributed by atoms with Crippen molar-refractivity contribution >= 4 is 10.8 Å². The molecule has 0 bridgehead atoms. The molecule has 1 aromatic heterocycles. The van der Waals surface area contributed by atoms with Crippen LogP contribution >= 0.6 is 0 Å². The molecule has 2 aromatic carbocycles. The predicted molar refractivity (Wildman–Crippen MR) is 78.3 cm³/mol. The molecule has 0 radical (unpaired) electrons. The molecule has 21 heavy (non-hydrogen) atoms. The van der Waals surface area contributed by atoms with Crippen molar-refractivity contribution in [2.45, 2.75) is 26.4 Å². The van der Waals surface area contributed by atoms with Crippen molar-refractivity contribution in [3.05, 3.63) is 48.1 Å². The van der Waals surface area contributed by atoms with Crippen LogP contribution < -0.4 is 4.74 Å². The van der Waals surface area contributed by atoms with Gasteiger partial charge in [-0.2, -0.15) is 4.98 Å². The van der Waals surface area contributed by atoms with E-state index in [1.54, 1.807) is 12.1 Å².